The minimum Gasteiger partial charge on any atom is -0.455 e. The highest BCUT2D eigenvalue weighted by atomic mass is 16.3. The van der Waals surface area contributed by atoms with Crippen LogP contribution >= 0.6 is 0 Å². The highest BCUT2D eigenvalue weighted by molar-refractivity contribution is 6.24. The standard InChI is InChI=1S/C35H24O/c1-35(2)29-16-8-7-14-26(29)32-25(15-9-17-30(32)35)27-19-23-12-5-6-13-24(23)33-28-18-21-10-3-4-11-22(21)20-31(28)36-34(27)33/h3-20H,1-2H3. The van der Waals surface area contributed by atoms with Gasteiger partial charge in [-0.1, -0.05) is 105 Å². The van der Waals surface area contributed by atoms with Crippen molar-refractivity contribution in [3.05, 3.63) is 120 Å². The zero-order valence-corrected chi connectivity index (χ0v) is 20.3. The third kappa shape index (κ3) is 2.50. The third-order valence-electron chi connectivity index (χ3n) is 8.23. The molecular weight excluding hydrogens is 436 g/mol. The normalized spacial score (nSPS) is 14.1. The molecule has 7 aromatic rings. The first-order valence-corrected chi connectivity index (χ1v) is 12.6. The van der Waals surface area contributed by atoms with Crippen molar-refractivity contribution in [3.8, 4) is 22.3 Å². The van der Waals surface area contributed by atoms with Crippen molar-refractivity contribution in [3.63, 3.8) is 0 Å². The van der Waals surface area contributed by atoms with Gasteiger partial charge in [0.05, 0.1) is 0 Å². The molecule has 0 aliphatic heterocycles. The second-order valence-electron chi connectivity index (χ2n) is 10.5. The lowest BCUT2D eigenvalue weighted by molar-refractivity contribution is 0.660. The summed E-state index contributed by atoms with van der Waals surface area (Å²) < 4.78 is 6.75. The Balaban J connectivity index is 1.55. The first-order chi connectivity index (χ1) is 17.6. The van der Waals surface area contributed by atoms with Crippen LogP contribution in [-0.4, -0.2) is 0 Å². The summed E-state index contributed by atoms with van der Waals surface area (Å²) in [6, 6.07) is 39.7. The molecule has 0 N–H and O–H groups in total. The number of fused-ring (bicyclic) bond motifs is 9. The SMILES string of the molecule is CC1(C)c2ccccc2-c2c(-c3cc4ccccc4c4c3oc3cc5ccccc5cc34)cccc21. The average molecular weight is 461 g/mol. The number of furan rings is 1. The molecule has 1 heteroatoms. The first-order valence-electron chi connectivity index (χ1n) is 12.6. The molecule has 36 heavy (non-hydrogen) atoms. The maximum atomic E-state index is 6.75. The zero-order valence-electron chi connectivity index (χ0n) is 20.3. The fourth-order valence-electron chi connectivity index (χ4n) is 6.49. The van der Waals surface area contributed by atoms with E-state index in [1.807, 2.05) is 0 Å². The highest BCUT2D eigenvalue weighted by Gasteiger charge is 2.37. The van der Waals surface area contributed by atoms with E-state index in [-0.39, 0.29) is 5.41 Å². The van der Waals surface area contributed by atoms with Crippen LogP contribution in [-0.2, 0) is 5.41 Å². The fourth-order valence-corrected chi connectivity index (χ4v) is 6.49. The van der Waals surface area contributed by atoms with E-state index in [9.17, 15) is 0 Å². The number of benzene rings is 6. The van der Waals surface area contributed by atoms with Crippen LogP contribution in [0.25, 0.3) is 65.7 Å². The van der Waals surface area contributed by atoms with Crippen LogP contribution in [0.4, 0.5) is 0 Å². The maximum absolute atomic E-state index is 6.75. The summed E-state index contributed by atoms with van der Waals surface area (Å²) in [5.41, 5.74) is 9.70. The van der Waals surface area contributed by atoms with Gasteiger partial charge in [-0.05, 0) is 67.6 Å². The smallest absolute Gasteiger partial charge is 0.143 e. The average Bonchev–Trinajstić information content (AvgIpc) is 3.40. The second-order valence-corrected chi connectivity index (χ2v) is 10.5. The molecule has 1 heterocycles. The minimum atomic E-state index is -0.0382. The Hall–Kier alpha value is -4.36. The number of hydrogen-bond donors (Lipinski definition) is 0. The van der Waals surface area contributed by atoms with Gasteiger partial charge in [0.2, 0.25) is 0 Å². The van der Waals surface area contributed by atoms with E-state index >= 15 is 0 Å². The van der Waals surface area contributed by atoms with Crippen molar-refractivity contribution in [1.82, 2.24) is 0 Å². The topological polar surface area (TPSA) is 13.1 Å². The van der Waals surface area contributed by atoms with Crippen LogP contribution in [0, 0.1) is 0 Å². The van der Waals surface area contributed by atoms with Gasteiger partial charge in [-0.3, -0.25) is 0 Å². The Morgan fingerprint density at radius 2 is 1.19 bits per heavy atom. The van der Waals surface area contributed by atoms with E-state index in [0.29, 0.717) is 0 Å². The summed E-state index contributed by atoms with van der Waals surface area (Å²) in [5.74, 6) is 0. The molecule has 1 nitrogen and oxygen atoms in total. The Bertz CT molecular complexity index is 2020. The van der Waals surface area contributed by atoms with Gasteiger partial charge in [0.15, 0.2) is 0 Å². The molecule has 1 aliphatic carbocycles. The molecule has 0 saturated heterocycles. The lowest BCUT2D eigenvalue weighted by Gasteiger charge is -2.21. The molecule has 6 aromatic carbocycles. The first kappa shape index (κ1) is 19.9. The third-order valence-corrected chi connectivity index (χ3v) is 8.23. The molecule has 0 amide bonds. The largest absolute Gasteiger partial charge is 0.455 e. The predicted octanol–water partition coefficient (Wildman–Crippen LogP) is 9.87. The molecule has 0 unspecified atom stereocenters. The number of hydrogen-bond acceptors (Lipinski definition) is 1. The summed E-state index contributed by atoms with van der Waals surface area (Å²) in [4.78, 5) is 0. The van der Waals surface area contributed by atoms with Gasteiger partial charge in [-0.25, -0.2) is 0 Å². The summed E-state index contributed by atoms with van der Waals surface area (Å²) in [7, 11) is 0. The van der Waals surface area contributed by atoms with Crippen LogP contribution < -0.4 is 0 Å². The molecular formula is C35H24O. The van der Waals surface area contributed by atoms with E-state index in [4.69, 9.17) is 4.42 Å². The Kier molecular flexibility index (Phi) is 3.79. The van der Waals surface area contributed by atoms with Crippen molar-refractivity contribution in [2.24, 2.45) is 0 Å². The summed E-state index contributed by atoms with van der Waals surface area (Å²) in [5, 5.41) is 7.28. The van der Waals surface area contributed by atoms with E-state index in [2.05, 4.69) is 123 Å². The van der Waals surface area contributed by atoms with E-state index in [0.717, 1.165) is 16.7 Å². The van der Waals surface area contributed by atoms with Crippen molar-refractivity contribution in [2.45, 2.75) is 19.3 Å². The van der Waals surface area contributed by atoms with Crippen molar-refractivity contribution in [2.75, 3.05) is 0 Å². The lowest BCUT2D eigenvalue weighted by Crippen LogP contribution is -2.14. The van der Waals surface area contributed by atoms with Crippen molar-refractivity contribution >= 4 is 43.5 Å². The molecule has 1 aromatic heterocycles. The molecule has 0 spiro atoms. The Morgan fingerprint density at radius 3 is 2.06 bits per heavy atom. The minimum absolute atomic E-state index is 0.0382. The van der Waals surface area contributed by atoms with Gasteiger partial charge in [0, 0.05) is 21.8 Å². The van der Waals surface area contributed by atoms with Crippen molar-refractivity contribution in [1.29, 1.82) is 0 Å². The molecule has 1 aliphatic rings. The van der Waals surface area contributed by atoms with Crippen LogP contribution in [0.1, 0.15) is 25.0 Å². The van der Waals surface area contributed by atoms with Crippen LogP contribution in [0.3, 0.4) is 0 Å². The number of rotatable bonds is 1. The molecule has 8 rings (SSSR count). The molecule has 0 fully saturated rings. The predicted molar refractivity (Wildman–Crippen MR) is 152 cm³/mol. The fraction of sp³-hybridized carbons (Fsp3) is 0.0857. The summed E-state index contributed by atoms with van der Waals surface area (Å²) in [6.45, 7) is 4.67. The molecule has 0 bridgehead atoms. The second kappa shape index (κ2) is 6.86. The van der Waals surface area contributed by atoms with Gasteiger partial charge in [0.1, 0.15) is 11.2 Å². The van der Waals surface area contributed by atoms with Crippen molar-refractivity contribution < 1.29 is 4.42 Å². The van der Waals surface area contributed by atoms with Crippen LogP contribution in [0.2, 0.25) is 0 Å². The van der Waals surface area contributed by atoms with E-state index in [1.54, 1.807) is 0 Å². The van der Waals surface area contributed by atoms with Gasteiger partial charge in [-0.15, -0.1) is 0 Å². The van der Waals surface area contributed by atoms with Crippen LogP contribution in [0.5, 0.6) is 0 Å². The van der Waals surface area contributed by atoms with Gasteiger partial charge in [-0.2, -0.15) is 0 Å². The van der Waals surface area contributed by atoms with Gasteiger partial charge >= 0.3 is 0 Å². The summed E-state index contributed by atoms with van der Waals surface area (Å²) >= 11 is 0. The highest BCUT2D eigenvalue weighted by Crippen LogP contribution is 2.53. The molecule has 0 saturated carbocycles. The molecule has 0 radical (unpaired) electrons. The van der Waals surface area contributed by atoms with Crippen LogP contribution in [0.15, 0.2) is 114 Å². The molecule has 170 valence electrons. The van der Waals surface area contributed by atoms with Gasteiger partial charge < -0.3 is 4.42 Å². The Morgan fingerprint density at radius 1 is 0.528 bits per heavy atom. The molecule has 0 atom stereocenters. The maximum Gasteiger partial charge on any atom is 0.143 e. The van der Waals surface area contributed by atoms with Gasteiger partial charge in [0.25, 0.3) is 0 Å². The lowest BCUT2D eigenvalue weighted by atomic mass is 9.82. The Labute approximate surface area is 209 Å². The quantitative estimate of drug-likeness (QED) is 0.238. The van der Waals surface area contributed by atoms with E-state index in [1.165, 1.54) is 60.1 Å². The monoisotopic (exact) mass is 460 g/mol. The zero-order chi connectivity index (χ0) is 24.0. The van der Waals surface area contributed by atoms with E-state index < -0.39 is 0 Å². The summed E-state index contributed by atoms with van der Waals surface area (Å²) in [6.07, 6.45) is 0.